The van der Waals surface area contributed by atoms with Crippen LogP contribution in [0.25, 0.3) is 0 Å². The molecule has 0 heterocycles. The lowest BCUT2D eigenvalue weighted by atomic mass is 9.81. The highest BCUT2D eigenvalue weighted by Gasteiger charge is 2.50. The minimum Gasteiger partial charge on any atom is -0.481 e. The Labute approximate surface area is 204 Å². The molecule has 0 aromatic carbocycles. The van der Waals surface area contributed by atoms with Crippen molar-refractivity contribution in [3.63, 3.8) is 0 Å². The lowest BCUT2D eigenvalue weighted by molar-refractivity contribution is -0.184. The molecule has 8 heteroatoms. The fourth-order valence-electron chi connectivity index (χ4n) is 4.02. The van der Waals surface area contributed by atoms with Gasteiger partial charge in [0.1, 0.15) is 0 Å². The highest BCUT2D eigenvalue weighted by atomic mass is 16.6. The summed E-state index contributed by atoms with van der Waals surface area (Å²) >= 11 is 0. The number of aliphatic carboxylic acids is 2. The van der Waals surface area contributed by atoms with E-state index in [9.17, 15) is 29.4 Å². The Balaban J connectivity index is 4.70. The van der Waals surface area contributed by atoms with Gasteiger partial charge in [-0.05, 0) is 18.8 Å². The number of unbranched alkanes of at least 4 members (excludes halogenated alkanes) is 10. The van der Waals surface area contributed by atoms with Gasteiger partial charge >= 0.3 is 23.9 Å². The number of hydrogen-bond donors (Lipinski definition) is 3. The third kappa shape index (κ3) is 14.3. The molecule has 0 bridgehead atoms. The Bertz CT molecular complexity index is 616. The molecule has 0 fully saturated rings. The molecule has 2 unspecified atom stereocenters. The minimum atomic E-state index is -2.83. The second-order valence-electron chi connectivity index (χ2n) is 9.76. The highest BCUT2D eigenvalue weighted by Crippen LogP contribution is 2.29. The van der Waals surface area contributed by atoms with Crippen molar-refractivity contribution in [2.24, 2.45) is 11.8 Å². The van der Waals surface area contributed by atoms with Gasteiger partial charge in [0.2, 0.25) is 0 Å². The zero-order valence-electron chi connectivity index (χ0n) is 21.4. The predicted octanol–water partition coefficient (Wildman–Crippen LogP) is 5.49. The molecule has 0 aromatic heterocycles. The molecule has 2 atom stereocenters. The molecule has 0 aliphatic carbocycles. The molecular weight excluding hydrogens is 440 g/mol. The number of rotatable bonds is 21. The number of hydrogen-bond acceptors (Lipinski definition) is 6. The summed E-state index contributed by atoms with van der Waals surface area (Å²) in [4.78, 5) is 47.4. The van der Waals surface area contributed by atoms with Crippen molar-refractivity contribution < 1.29 is 39.2 Å². The van der Waals surface area contributed by atoms with E-state index in [4.69, 9.17) is 9.84 Å². The normalized spacial score (nSPS) is 13.9. The molecule has 0 aliphatic rings. The van der Waals surface area contributed by atoms with E-state index >= 15 is 0 Å². The second kappa shape index (κ2) is 18.4. The van der Waals surface area contributed by atoms with Crippen LogP contribution in [-0.4, -0.2) is 44.8 Å². The van der Waals surface area contributed by atoms with Crippen LogP contribution < -0.4 is 0 Å². The fourth-order valence-corrected chi connectivity index (χ4v) is 4.02. The second-order valence-corrected chi connectivity index (χ2v) is 9.76. The predicted molar refractivity (Wildman–Crippen MR) is 129 cm³/mol. The summed E-state index contributed by atoms with van der Waals surface area (Å²) in [7, 11) is 0. The first kappa shape index (κ1) is 32.0. The van der Waals surface area contributed by atoms with Crippen LogP contribution in [0.5, 0.6) is 0 Å². The smallest absolute Gasteiger partial charge is 0.337 e. The van der Waals surface area contributed by atoms with E-state index in [0.29, 0.717) is 19.3 Å². The summed E-state index contributed by atoms with van der Waals surface area (Å²) in [5.41, 5.74) is -2.83. The highest BCUT2D eigenvalue weighted by molar-refractivity contribution is 5.93. The van der Waals surface area contributed by atoms with E-state index in [2.05, 4.69) is 13.8 Å². The van der Waals surface area contributed by atoms with Crippen LogP contribution in [0.15, 0.2) is 0 Å². The SMILES string of the molecule is CCCCCC(=O)OC(=O)C(CCCCCCCCCCCC(C)C)C(O)(CC(=O)O)C(=O)O. The molecule has 0 saturated heterocycles. The fraction of sp³-hybridized carbons (Fsp3) is 0.846. The Morgan fingerprint density at radius 1 is 0.765 bits per heavy atom. The monoisotopic (exact) mass is 486 g/mol. The topological polar surface area (TPSA) is 138 Å². The number of carbonyl (C=O) groups excluding carboxylic acids is 2. The molecule has 34 heavy (non-hydrogen) atoms. The number of ether oxygens (including phenoxy) is 1. The lowest BCUT2D eigenvalue weighted by Crippen LogP contribution is -2.51. The van der Waals surface area contributed by atoms with Crippen LogP contribution in [0.2, 0.25) is 0 Å². The summed E-state index contributed by atoms with van der Waals surface area (Å²) in [6, 6.07) is 0. The van der Waals surface area contributed by atoms with Gasteiger partial charge in [-0.2, -0.15) is 0 Å². The van der Waals surface area contributed by atoms with E-state index in [1.165, 1.54) is 32.1 Å². The summed E-state index contributed by atoms with van der Waals surface area (Å²) < 4.78 is 4.80. The van der Waals surface area contributed by atoms with Gasteiger partial charge in [-0.25, -0.2) is 4.79 Å². The van der Waals surface area contributed by atoms with Crippen molar-refractivity contribution in [1.82, 2.24) is 0 Å². The Kier molecular flexibility index (Phi) is 17.3. The Hall–Kier alpha value is -1.96. The van der Waals surface area contributed by atoms with E-state index in [0.717, 1.165) is 38.0 Å². The summed E-state index contributed by atoms with van der Waals surface area (Å²) in [6.45, 7) is 6.42. The van der Waals surface area contributed by atoms with Crippen LogP contribution in [0, 0.1) is 11.8 Å². The van der Waals surface area contributed by atoms with Crippen molar-refractivity contribution in [1.29, 1.82) is 0 Å². The molecule has 198 valence electrons. The molecule has 0 radical (unpaired) electrons. The molecular formula is C26H46O8. The maximum atomic E-state index is 12.6. The standard InChI is InChI=1S/C26H46O8/c1-4-5-13-18-23(29)34-24(30)21(26(33,25(31)32)19-22(27)28)17-15-12-10-8-6-7-9-11-14-16-20(2)3/h20-21,33H,4-19H2,1-3H3,(H,27,28)(H,31,32). The lowest BCUT2D eigenvalue weighted by Gasteiger charge is -2.29. The first-order valence-corrected chi connectivity index (χ1v) is 13.0. The molecule has 0 spiro atoms. The molecule has 0 saturated carbocycles. The van der Waals surface area contributed by atoms with Gasteiger partial charge in [-0.3, -0.25) is 14.4 Å². The minimum absolute atomic E-state index is 0.00814. The Morgan fingerprint density at radius 2 is 1.26 bits per heavy atom. The maximum Gasteiger partial charge on any atom is 0.337 e. The van der Waals surface area contributed by atoms with Gasteiger partial charge in [0.25, 0.3) is 0 Å². The van der Waals surface area contributed by atoms with E-state index in [1.54, 1.807) is 0 Å². The quantitative estimate of drug-likeness (QED) is 0.110. The van der Waals surface area contributed by atoms with Crippen LogP contribution in [0.4, 0.5) is 0 Å². The summed E-state index contributed by atoms with van der Waals surface area (Å²) in [5.74, 6) is -6.21. The number of carboxylic acid groups (broad SMARTS) is 2. The zero-order chi connectivity index (χ0) is 26.0. The number of esters is 2. The van der Waals surface area contributed by atoms with E-state index in [1.807, 2.05) is 6.92 Å². The van der Waals surface area contributed by atoms with Crippen molar-refractivity contribution in [2.75, 3.05) is 0 Å². The van der Waals surface area contributed by atoms with Crippen LogP contribution in [0.3, 0.4) is 0 Å². The van der Waals surface area contributed by atoms with Crippen LogP contribution >= 0.6 is 0 Å². The third-order valence-corrected chi connectivity index (χ3v) is 6.13. The van der Waals surface area contributed by atoms with Gasteiger partial charge < -0.3 is 20.1 Å². The van der Waals surface area contributed by atoms with E-state index in [-0.39, 0.29) is 12.8 Å². The third-order valence-electron chi connectivity index (χ3n) is 6.13. The maximum absolute atomic E-state index is 12.6. The molecule has 3 N–H and O–H groups in total. The van der Waals surface area contributed by atoms with Gasteiger partial charge in [-0.15, -0.1) is 0 Å². The average molecular weight is 487 g/mol. The van der Waals surface area contributed by atoms with Crippen LogP contribution in [0.1, 0.15) is 124 Å². The first-order chi connectivity index (χ1) is 16.0. The number of aliphatic hydroxyl groups is 1. The molecule has 8 nitrogen and oxygen atoms in total. The number of carboxylic acids is 2. The molecule has 0 aromatic rings. The van der Waals surface area contributed by atoms with Gasteiger partial charge in [0.15, 0.2) is 5.60 Å². The van der Waals surface area contributed by atoms with Crippen molar-refractivity contribution >= 4 is 23.9 Å². The summed E-state index contributed by atoms with van der Waals surface area (Å²) in [5, 5.41) is 29.2. The molecule has 0 amide bonds. The van der Waals surface area contributed by atoms with Gasteiger partial charge in [0, 0.05) is 6.42 Å². The van der Waals surface area contributed by atoms with Gasteiger partial charge in [0.05, 0.1) is 12.3 Å². The largest absolute Gasteiger partial charge is 0.481 e. The van der Waals surface area contributed by atoms with Crippen molar-refractivity contribution in [2.45, 2.75) is 129 Å². The molecule has 0 rings (SSSR count). The van der Waals surface area contributed by atoms with Crippen molar-refractivity contribution in [3.8, 4) is 0 Å². The summed E-state index contributed by atoms with van der Waals surface area (Å²) in [6.07, 6.45) is 11.3. The number of carbonyl (C=O) groups is 4. The van der Waals surface area contributed by atoms with Crippen molar-refractivity contribution in [3.05, 3.63) is 0 Å². The molecule has 0 aliphatic heterocycles. The van der Waals surface area contributed by atoms with Crippen LogP contribution in [-0.2, 0) is 23.9 Å². The Morgan fingerprint density at radius 3 is 1.71 bits per heavy atom. The van der Waals surface area contributed by atoms with Gasteiger partial charge in [-0.1, -0.05) is 97.8 Å². The zero-order valence-corrected chi connectivity index (χ0v) is 21.4. The average Bonchev–Trinajstić information content (AvgIpc) is 2.73. The van der Waals surface area contributed by atoms with E-state index < -0.39 is 41.8 Å². The first-order valence-electron chi connectivity index (χ1n) is 13.0.